The lowest BCUT2D eigenvalue weighted by Crippen LogP contribution is -2.35. The summed E-state index contributed by atoms with van der Waals surface area (Å²) in [5.74, 6) is 0.350. The summed E-state index contributed by atoms with van der Waals surface area (Å²) in [5, 5.41) is 13.0. The summed E-state index contributed by atoms with van der Waals surface area (Å²) in [5.41, 5.74) is 5.72. The molecule has 2 rings (SSSR count). The summed E-state index contributed by atoms with van der Waals surface area (Å²) in [6.07, 6.45) is 1.87. The van der Waals surface area contributed by atoms with Gasteiger partial charge in [-0.3, -0.25) is 0 Å². The quantitative estimate of drug-likeness (QED) is 0.839. The minimum atomic E-state index is -0.506. The van der Waals surface area contributed by atoms with E-state index >= 15 is 0 Å². The van der Waals surface area contributed by atoms with Gasteiger partial charge in [-0.1, -0.05) is 0 Å². The zero-order valence-corrected chi connectivity index (χ0v) is 12.0. The van der Waals surface area contributed by atoms with E-state index in [2.05, 4.69) is 5.10 Å². The molecule has 0 bridgehead atoms. The summed E-state index contributed by atoms with van der Waals surface area (Å²) in [4.78, 5) is 13.6. The number of anilines is 1. The Kier molecular flexibility index (Phi) is 3.57. The summed E-state index contributed by atoms with van der Waals surface area (Å²) in [7, 11) is 0. The van der Waals surface area contributed by atoms with Crippen LogP contribution in [0.25, 0.3) is 0 Å². The maximum absolute atomic E-state index is 12.0. The lowest BCUT2D eigenvalue weighted by atomic mass is 10.2. The number of ether oxygens (including phenoxy) is 1. The third kappa shape index (κ3) is 2.85. The summed E-state index contributed by atoms with van der Waals surface area (Å²) in [6.45, 7) is 6.60. The van der Waals surface area contributed by atoms with Crippen molar-refractivity contribution in [3.05, 3.63) is 11.8 Å². The number of nitrogen functional groups attached to an aromatic ring is 1. The van der Waals surface area contributed by atoms with Crippen molar-refractivity contribution < 1.29 is 9.53 Å². The Morgan fingerprint density at radius 3 is 2.85 bits per heavy atom. The lowest BCUT2D eigenvalue weighted by Gasteiger charge is -2.24. The molecule has 1 fully saturated rings. The second-order valence-electron chi connectivity index (χ2n) is 5.87. The number of hydrogen-bond donors (Lipinski definition) is 1. The van der Waals surface area contributed by atoms with E-state index in [9.17, 15) is 4.79 Å². The van der Waals surface area contributed by atoms with Gasteiger partial charge in [0.15, 0.2) is 0 Å². The second kappa shape index (κ2) is 5.04. The summed E-state index contributed by atoms with van der Waals surface area (Å²) >= 11 is 0. The molecule has 1 aliphatic rings. The van der Waals surface area contributed by atoms with Crippen LogP contribution in [0.15, 0.2) is 6.20 Å². The first kappa shape index (κ1) is 14.2. The van der Waals surface area contributed by atoms with Gasteiger partial charge >= 0.3 is 6.09 Å². The van der Waals surface area contributed by atoms with Crippen molar-refractivity contribution in [3.63, 3.8) is 0 Å². The Balaban J connectivity index is 2.04. The lowest BCUT2D eigenvalue weighted by molar-refractivity contribution is 0.0288. The Labute approximate surface area is 117 Å². The second-order valence-corrected chi connectivity index (χ2v) is 5.87. The predicted molar refractivity (Wildman–Crippen MR) is 72.8 cm³/mol. The Bertz CT molecular complexity index is 552. The average Bonchev–Trinajstić information content (AvgIpc) is 2.92. The van der Waals surface area contributed by atoms with Gasteiger partial charge in [0.2, 0.25) is 0 Å². The molecule has 0 aliphatic carbocycles. The van der Waals surface area contributed by atoms with Crippen LogP contribution in [0.2, 0.25) is 0 Å². The number of nitrogens with zero attached hydrogens (tertiary/aromatic N) is 4. The van der Waals surface area contributed by atoms with E-state index < -0.39 is 5.60 Å². The van der Waals surface area contributed by atoms with Crippen LogP contribution in [0.5, 0.6) is 0 Å². The van der Waals surface area contributed by atoms with E-state index in [0.717, 1.165) is 6.42 Å². The SMILES string of the molecule is CC(C)(C)OC(=O)N1CCC(n2ncc(C#N)c2N)C1. The van der Waals surface area contributed by atoms with Crippen molar-refractivity contribution in [1.82, 2.24) is 14.7 Å². The molecule has 2 N–H and O–H groups in total. The smallest absolute Gasteiger partial charge is 0.410 e. The molecule has 1 amide bonds. The molecule has 0 radical (unpaired) electrons. The molecule has 0 aromatic carbocycles. The van der Waals surface area contributed by atoms with Gasteiger partial charge in [0, 0.05) is 13.1 Å². The van der Waals surface area contributed by atoms with Crippen molar-refractivity contribution in [2.45, 2.75) is 38.8 Å². The first-order chi connectivity index (χ1) is 9.31. The summed E-state index contributed by atoms with van der Waals surface area (Å²) < 4.78 is 6.95. The van der Waals surface area contributed by atoms with Gasteiger partial charge in [-0.05, 0) is 27.2 Å². The number of aromatic nitrogens is 2. The zero-order valence-electron chi connectivity index (χ0n) is 12.0. The third-order valence-electron chi connectivity index (χ3n) is 3.12. The van der Waals surface area contributed by atoms with E-state index in [-0.39, 0.29) is 12.1 Å². The number of amides is 1. The molecular formula is C13H19N5O2. The fraction of sp³-hybridized carbons (Fsp3) is 0.615. The first-order valence-corrected chi connectivity index (χ1v) is 6.53. The molecule has 1 aliphatic heterocycles. The van der Waals surface area contributed by atoms with E-state index in [4.69, 9.17) is 15.7 Å². The Hall–Kier alpha value is -2.23. The minimum Gasteiger partial charge on any atom is -0.444 e. The topological polar surface area (TPSA) is 97.2 Å². The highest BCUT2D eigenvalue weighted by Crippen LogP contribution is 2.26. The molecule has 1 aromatic heterocycles. The van der Waals surface area contributed by atoms with E-state index in [1.807, 2.05) is 26.8 Å². The largest absolute Gasteiger partial charge is 0.444 e. The van der Waals surface area contributed by atoms with Crippen molar-refractivity contribution in [2.75, 3.05) is 18.8 Å². The van der Waals surface area contributed by atoms with Gasteiger partial charge in [0.25, 0.3) is 0 Å². The monoisotopic (exact) mass is 277 g/mol. The van der Waals surface area contributed by atoms with Gasteiger partial charge in [0.05, 0.1) is 12.2 Å². The fourth-order valence-electron chi connectivity index (χ4n) is 2.18. The highest BCUT2D eigenvalue weighted by molar-refractivity contribution is 5.68. The first-order valence-electron chi connectivity index (χ1n) is 6.53. The number of hydrogen-bond acceptors (Lipinski definition) is 5. The maximum atomic E-state index is 12.0. The van der Waals surface area contributed by atoms with Gasteiger partial charge in [-0.25, -0.2) is 9.48 Å². The van der Waals surface area contributed by atoms with Crippen LogP contribution >= 0.6 is 0 Å². The van der Waals surface area contributed by atoms with Crippen LogP contribution in [0, 0.1) is 11.3 Å². The number of carbonyl (C=O) groups is 1. The van der Waals surface area contributed by atoms with Crippen LogP contribution < -0.4 is 5.73 Å². The molecule has 7 heteroatoms. The number of rotatable bonds is 1. The molecule has 1 unspecified atom stereocenters. The van der Waals surface area contributed by atoms with Gasteiger partial charge in [-0.15, -0.1) is 0 Å². The average molecular weight is 277 g/mol. The minimum absolute atomic E-state index is 0.00961. The highest BCUT2D eigenvalue weighted by atomic mass is 16.6. The Morgan fingerprint density at radius 2 is 2.30 bits per heavy atom. The van der Waals surface area contributed by atoms with Crippen LogP contribution in [-0.2, 0) is 4.74 Å². The number of nitrogens with two attached hydrogens (primary N) is 1. The standard InChI is InChI=1S/C13H19N5O2/c1-13(2,3)20-12(19)17-5-4-10(8-17)18-11(15)9(6-14)7-16-18/h7,10H,4-5,8,15H2,1-3H3. The van der Waals surface area contributed by atoms with Gasteiger partial charge in [-0.2, -0.15) is 10.4 Å². The molecule has 7 nitrogen and oxygen atoms in total. The molecule has 1 saturated heterocycles. The predicted octanol–water partition coefficient (Wildman–Crippen LogP) is 1.52. The normalized spacial score (nSPS) is 18.9. The van der Waals surface area contributed by atoms with Crippen LogP contribution in [-0.4, -0.2) is 39.5 Å². The molecule has 1 aromatic rings. The van der Waals surface area contributed by atoms with Crippen molar-refractivity contribution >= 4 is 11.9 Å². The number of likely N-dealkylation sites (tertiary alicyclic amines) is 1. The number of nitriles is 1. The van der Waals surface area contributed by atoms with Gasteiger partial charge < -0.3 is 15.4 Å². The molecule has 0 spiro atoms. The van der Waals surface area contributed by atoms with Crippen LogP contribution in [0.1, 0.15) is 38.8 Å². The van der Waals surface area contributed by atoms with E-state index in [1.165, 1.54) is 6.20 Å². The maximum Gasteiger partial charge on any atom is 0.410 e. The zero-order chi connectivity index (χ0) is 14.9. The van der Waals surface area contributed by atoms with Crippen LogP contribution in [0.3, 0.4) is 0 Å². The van der Waals surface area contributed by atoms with E-state index in [1.54, 1.807) is 9.58 Å². The molecule has 0 saturated carbocycles. The Morgan fingerprint density at radius 1 is 1.60 bits per heavy atom. The molecule has 2 heterocycles. The highest BCUT2D eigenvalue weighted by Gasteiger charge is 2.32. The van der Waals surface area contributed by atoms with Crippen molar-refractivity contribution in [1.29, 1.82) is 5.26 Å². The third-order valence-corrected chi connectivity index (χ3v) is 3.12. The molecule has 108 valence electrons. The van der Waals surface area contributed by atoms with Crippen molar-refractivity contribution in [3.8, 4) is 6.07 Å². The van der Waals surface area contributed by atoms with Crippen LogP contribution in [0.4, 0.5) is 10.6 Å². The summed E-state index contributed by atoms with van der Waals surface area (Å²) in [6, 6.07) is 1.98. The van der Waals surface area contributed by atoms with E-state index in [0.29, 0.717) is 24.5 Å². The molecular weight excluding hydrogens is 258 g/mol. The molecule has 20 heavy (non-hydrogen) atoms. The molecule has 1 atom stereocenters. The van der Waals surface area contributed by atoms with Crippen molar-refractivity contribution in [2.24, 2.45) is 0 Å². The van der Waals surface area contributed by atoms with Gasteiger partial charge in [0.1, 0.15) is 23.1 Å². The fourth-order valence-corrected chi connectivity index (χ4v) is 2.18. The number of carbonyl (C=O) groups excluding carboxylic acids is 1.